The Morgan fingerprint density at radius 1 is 1.16 bits per heavy atom. The number of nitrogens with one attached hydrogen (secondary N) is 1. The normalized spacial score (nSPS) is 24.0. The minimum Gasteiger partial charge on any atom is -0.381 e. The molecule has 0 saturated heterocycles. The number of hydrogen-bond acceptors (Lipinski definition) is 1. The Hall–Kier alpha value is 0.0800. The zero-order chi connectivity index (χ0) is 13.8. The number of halogens is 3. The third kappa shape index (κ3) is 4.03. The van der Waals surface area contributed by atoms with Crippen molar-refractivity contribution in [2.75, 3.05) is 5.32 Å². The molecule has 1 aliphatic rings. The molecule has 0 bridgehead atoms. The van der Waals surface area contributed by atoms with Crippen molar-refractivity contribution < 1.29 is 0 Å². The lowest BCUT2D eigenvalue weighted by Gasteiger charge is -2.19. The summed E-state index contributed by atoms with van der Waals surface area (Å²) in [4.78, 5) is 0. The van der Waals surface area contributed by atoms with Crippen molar-refractivity contribution in [3.05, 3.63) is 26.7 Å². The Labute approximate surface area is 134 Å². The number of anilines is 1. The van der Waals surface area contributed by atoms with Gasteiger partial charge in [0, 0.05) is 10.5 Å². The van der Waals surface area contributed by atoms with Crippen molar-refractivity contribution in [2.24, 2.45) is 5.92 Å². The third-order valence-electron chi connectivity index (χ3n) is 4.06. The molecule has 106 valence electrons. The Bertz CT molecular complexity index is 436. The van der Waals surface area contributed by atoms with E-state index in [2.05, 4.69) is 28.2 Å². The highest BCUT2D eigenvalue weighted by molar-refractivity contribution is 9.10. The average molecular weight is 365 g/mol. The minimum atomic E-state index is 0.520. The monoisotopic (exact) mass is 363 g/mol. The molecule has 1 aromatic rings. The zero-order valence-electron chi connectivity index (χ0n) is 11.2. The van der Waals surface area contributed by atoms with Gasteiger partial charge in [-0.1, -0.05) is 49.4 Å². The van der Waals surface area contributed by atoms with Gasteiger partial charge in [0.05, 0.1) is 15.7 Å². The highest BCUT2D eigenvalue weighted by Gasteiger charge is 2.19. The number of benzene rings is 1. The van der Waals surface area contributed by atoms with Gasteiger partial charge >= 0.3 is 0 Å². The van der Waals surface area contributed by atoms with E-state index in [0.29, 0.717) is 16.1 Å². The maximum absolute atomic E-state index is 6.29. The van der Waals surface area contributed by atoms with Crippen LogP contribution in [0.15, 0.2) is 16.6 Å². The predicted molar refractivity (Wildman–Crippen MR) is 88.4 cm³/mol. The molecule has 1 N–H and O–H groups in total. The quantitative estimate of drug-likeness (QED) is 0.475. The summed E-state index contributed by atoms with van der Waals surface area (Å²) in [5, 5.41) is 4.77. The molecule has 0 aromatic heterocycles. The topological polar surface area (TPSA) is 12.0 Å². The summed E-state index contributed by atoms with van der Waals surface area (Å²) in [6.07, 6.45) is 7.73. The fraction of sp³-hybridized carbons (Fsp3) is 0.600. The van der Waals surface area contributed by atoms with E-state index in [1.807, 2.05) is 12.1 Å². The maximum atomic E-state index is 6.29. The van der Waals surface area contributed by atoms with Crippen LogP contribution in [-0.4, -0.2) is 6.04 Å². The van der Waals surface area contributed by atoms with Crippen molar-refractivity contribution in [2.45, 2.75) is 51.5 Å². The average Bonchev–Trinajstić information content (AvgIpc) is 2.64. The van der Waals surface area contributed by atoms with Gasteiger partial charge in [0.2, 0.25) is 0 Å². The highest BCUT2D eigenvalue weighted by Crippen LogP contribution is 2.37. The lowest BCUT2D eigenvalue weighted by molar-refractivity contribution is 0.444. The lowest BCUT2D eigenvalue weighted by atomic mass is 9.98. The first-order valence-electron chi connectivity index (χ1n) is 7.01. The van der Waals surface area contributed by atoms with Crippen LogP contribution in [0.3, 0.4) is 0 Å². The highest BCUT2D eigenvalue weighted by atomic mass is 79.9. The van der Waals surface area contributed by atoms with Crippen LogP contribution in [0.4, 0.5) is 5.69 Å². The molecule has 0 amide bonds. The molecule has 1 saturated carbocycles. The largest absolute Gasteiger partial charge is 0.381 e. The Morgan fingerprint density at radius 3 is 2.68 bits per heavy atom. The first-order valence-corrected chi connectivity index (χ1v) is 8.56. The van der Waals surface area contributed by atoms with E-state index in [9.17, 15) is 0 Å². The van der Waals surface area contributed by atoms with Crippen molar-refractivity contribution >= 4 is 44.8 Å². The molecule has 0 spiro atoms. The summed E-state index contributed by atoms with van der Waals surface area (Å²) >= 11 is 15.8. The molecular formula is C15H20BrCl2N. The Balaban J connectivity index is 2.03. The van der Waals surface area contributed by atoms with Gasteiger partial charge in [-0.15, -0.1) is 0 Å². The first-order chi connectivity index (χ1) is 9.11. The van der Waals surface area contributed by atoms with E-state index in [1.165, 1.54) is 38.5 Å². The summed E-state index contributed by atoms with van der Waals surface area (Å²) in [6.45, 7) is 2.30. The fourth-order valence-electron chi connectivity index (χ4n) is 2.79. The van der Waals surface area contributed by atoms with E-state index in [-0.39, 0.29) is 0 Å². The first kappa shape index (κ1) is 15.5. The molecule has 19 heavy (non-hydrogen) atoms. The molecule has 1 aliphatic carbocycles. The summed E-state index contributed by atoms with van der Waals surface area (Å²) in [5.74, 6) is 0.899. The fourth-order valence-corrected chi connectivity index (χ4v) is 3.62. The molecule has 0 aliphatic heterocycles. The molecule has 2 atom stereocenters. The maximum Gasteiger partial charge on any atom is 0.0835 e. The second-order valence-electron chi connectivity index (χ2n) is 5.35. The van der Waals surface area contributed by atoms with Crippen LogP contribution in [0.2, 0.25) is 10.0 Å². The van der Waals surface area contributed by atoms with E-state index in [4.69, 9.17) is 23.2 Å². The predicted octanol–water partition coefficient (Wildman–Crippen LogP) is 6.53. The Kier molecular flexibility index (Phi) is 5.86. The van der Waals surface area contributed by atoms with Crippen molar-refractivity contribution in [1.29, 1.82) is 0 Å². The molecule has 2 rings (SSSR count). The van der Waals surface area contributed by atoms with E-state index in [1.54, 1.807) is 0 Å². The van der Waals surface area contributed by atoms with Crippen molar-refractivity contribution in [3.8, 4) is 0 Å². The summed E-state index contributed by atoms with van der Waals surface area (Å²) < 4.78 is 0.844. The summed E-state index contributed by atoms with van der Waals surface area (Å²) in [5.41, 5.74) is 0.954. The second-order valence-corrected chi connectivity index (χ2v) is 6.96. The molecule has 4 heteroatoms. The smallest absolute Gasteiger partial charge is 0.0835 e. The van der Waals surface area contributed by atoms with Crippen LogP contribution in [0, 0.1) is 5.92 Å². The third-order valence-corrected chi connectivity index (χ3v) is 5.83. The molecule has 1 fully saturated rings. The number of hydrogen-bond donors (Lipinski definition) is 1. The van der Waals surface area contributed by atoms with Gasteiger partial charge in [0.25, 0.3) is 0 Å². The standard InChI is InChI=1S/C15H20BrCl2N/c1-2-10-4-3-5-11(7-6-10)19-13-9-8-12(16)14(17)15(13)18/h8-11,19H,2-7H2,1H3. The summed E-state index contributed by atoms with van der Waals surface area (Å²) in [6, 6.07) is 4.47. The molecule has 1 nitrogen and oxygen atoms in total. The van der Waals surface area contributed by atoms with Gasteiger partial charge in [-0.25, -0.2) is 0 Å². The van der Waals surface area contributed by atoms with Crippen LogP contribution in [0.25, 0.3) is 0 Å². The second kappa shape index (κ2) is 7.19. The van der Waals surface area contributed by atoms with Gasteiger partial charge in [-0.3, -0.25) is 0 Å². The van der Waals surface area contributed by atoms with Crippen molar-refractivity contribution in [1.82, 2.24) is 0 Å². The van der Waals surface area contributed by atoms with E-state index < -0.39 is 0 Å². The summed E-state index contributed by atoms with van der Waals surface area (Å²) in [7, 11) is 0. The number of rotatable bonds is 3. The van der Waals surface area contributed by atoms with E-state index in [0.717, 1.165) is 16.1 Å². The van der Waals surface area contributed by atoms with Crippen LogP contribution in [0.5, 0.6) is 0 Å². The molecule has 0 radical (unpaired) electrons. The molecule has 2 unspecified atom stereocenters. The van der Waals surface area contributed by atoms with Gasteiger partial charge in [0.1, 0.15) is 0 Å². The SMILES string of the molecule is CCC1CCCC(Nc2ccc(Br)c(Cl)c2Cl)CC1. The van der Waals surface area contributed by atoms with Crippen LogP contribution >= 0.6 is 39.1 Å². The lowest BCUT2D eigenvalue weighted by Crippen LogP contribution is -2.18. The van der Waals surface area contributed by atoms with Crippen LogP contribution in [-0.2, 0) is 0 Å². The van der Waals surface area contributed by atoms with Crippen LogP contribution in [0.1, 0.15) is 45.4 Å². The van der Waals surface area contributed by atoms with Crippen molar-refractivity contribution in [3.63, 3.8) is 0 Å². The molecule has 1 aromatic carbocycles. The molecular weight excluding hydrogens is 345 g/mol. The van der Waals surface area contributed by atoms with Gasteiger partial charge in [-0.05, 0) is 53.2 Å². The minimum absolute atomic E-state index is 0.520. The van der Waals surface area contributed by atoms with E-state index >= 15 is 0 Å². The van der Waals surface area contributed by atoms with Gasteiger partial charge in [-0.2, -0.15) is 0 Å². The molecule has 0 heterocycles. The van der Waals surface area contributed by atoms with Gasteiger partial charge in [0.15, 0.2) is 0 Å². The zero-order valence-corrected chi connectivity index (χ0v) is 14.3. The van der Waals surface area contributed by atoms with Gasteiger partial charge < -0.3 is 5.32 Å². The van der Waals surface area contributed by atoms with Crippen LogP contribution < -0.4 is 5.32 Å². The Morgan fingerprint density at radius 2 is 1.95 bits per heavy atom.